The fourth-order valence-corrected chi connectivity index (χ4v) is 5.48. The number of carbonyl (C=O) groups excluding carboxylic acids is 4. The number of cyclic esters (lactones) is 1. The highest BCUT2D eigenvalue weighted by atomic mass is 19.2. The number of nitrogens with one attached hydrogen (secondary N) is 3. The van der Waals surface area contributed by atoms with Crippen molar-refractivity contribution < 1.29 is 37.8 Å². The maximum Gasteiger partial charge on any atom is 0.415 e. The van der Waals surface area contributed by atoms with Crippen LogP contribution in [0.15, 0.2) is 78.9 Å². The summed E-state index contributed by atoms with van der Waals surface area (Å²) in [4.78, 5) is 52.2. The van der Waals surface area contributed by atoms with Crippen LogP contribution in [-0.2, 0) is 32.0 Å². The number of hydrogen-bond donors (Lipinski definition) is 4. The number of halogens is 2. The lowest BCUT2D eigenvalue weighted by Crippen LogP contribution is -2.54. The highest BCUT2D eigenvalue weighted by Gasteiger charge is 2.39. The smallest absolute Gasteiger partial charge is 0.415 e. The second-order valence-corrected chi connectivity index (χ2v) is 12.0. The molecule has 47 heavy (non-hydrogen) atoms. The average Bonchev–Trinajstić information content (AvgIpc) is 3.43. The lowest BCUT2D eigenvalue weighted by atomic mass is 9.93. The Bertz CT molecular complexity index is 1540. The van der Waals surface area contributed by atoms with E-state index in [4.69, 9.17) is 4.74 Å². The zero-order valence-corrected chi connectivity index (χ0v) is 26.5. The van der Waals surface area contributed by atoms with Crippen LogP contribution in [-0.4, -0.2) is 65.8 Å². The summed E-state index contributed by atoms with van der Waals surface area (Å²) >= 11 is 0. The van der Waals surface area contributed by atoms with Crippen molar-refractivity contribution in [2.24, 2.45) is 5.92 Å². The molecule has 4 rings (SSSR count). The fourth-order valence-electron chi connectivity index (χ4n) is 5.48. The van der Waals surface area contributed by atoms with Gasteiger partial charge in [0, 0.05) is 19.0 Å². The minimum Gasteiger partial charge on any atom is -0.434 e. The molecule has 3 aromatic carbocycles. The lowest BCUT2D eigenvalue weighted by Gasteiger charge is -2.30. The van der Waals surface area contributed by atoms with Crippen molar-refractivity contribution >= 4 is 29.5 Å². The van der Waals surface area contributed by atoms with Gasteiger partial charge in [-0.25, -0.2) is 13.6 Å². The second kappa shape index (κ2) is 16.1. The molecule has 12 heteroatoms. The molecule has 250 valence electrons. The molecule has 0 spiro atoms. The maximum atomic E-state index is 13.8. The van der Waals surface area contributed by atoms with Crippen LogP contribution in [0.1, 0.15) is 38.3 Å². The molecule has 1 aliphatic heterocycles. The summed E-state index contributed by atoms with van der Waals surface area (Å²) in [5.41, 5.74) is 1.76. The quantitative estimate of drug-likeness (QED) is 0.210. The Kier molecular flexibility index (Phi) is 12.0. The molecule has 0 aromatic heterocycles. The molecule has 1 unspecified atom stereocenters. The molecule has 5 atom stereocenters. The van der Waals surface area contributed by atoms with E-state index in [9.17, 15) is 33.1 Å². The van der Waals surface area contributed by atoms with Crippen molar-refractivity contribution in [3.8, 4) is 0 Å². The van der Waals surface area contributed by atoms with Gasteiger partial charge in [0.25, 0.3) is 5.91 Å². The van der Waals surface area contributed by atoms with Gasteiger partial charge in [-0.2, -0.15) is 0 Å². The number of benzene rings is 3. The topological polar surface area (TPSA) is 137 Å². The van der Waals surface area contributed by atoms with Gasteiger partial charge < -0.3 is 25.8 Å². The van der Waals surface area contributed by atoms with Crippen molar-refractivity contribution in [2.75, 3.05) is 11.4 Å². The third-order valence-electron chi connectivity index (χ3n) is 7.91. The van der Waals surface area contributed by atoms with Gasteiger partial charge in [0.05, 0.1) is 24.4 Å². The summed E-state index contributed by atoms with van der Waals surface area (Å²) in [6, 6.07) is 19.2. The molecule has 1 aliphatic rings. The number of amides is 4. The van der Waals surface area contributed by atoms with Crippen molar-refractivity contribution in [1.29, 1.82) is 0 Å². The lowest BCUT2D eigenvalue weighted by molar-refractivity contribution is -0.130. The summed E-state index contributed by atoms with van der Waals surface area (Å²) in [6.45, 7) is 4.71. The van der Waals surface area contributed by atoms with Crippen LogP contribution in [0.5, 0.6) is 0 Å². The van der Waals surface area contributed by atoms with Gasteiger partial charge in [-0.3, -0.25) is 19.3 Å². The standard InChI is InChI=1S/C35H40F2N4O6/c1-21(2)32(38-22(3)42)34(45)39-25(16-23-10-6-4-7-11-23)18-30(43)29(17-24-12-8-5-9-13-24)40-33(44)31-20-41(35(46)47-31)26-14-15-27(36)28(37)19-26/h4-15,19,21,25,29-32,43H,16-18,20H2,1-3H3,(H,38,42)(H,39,45)(H,40,44)/t25-,29-,30-,31?,32-/m0/s1. The number of rotatable bonds is 14. The Morgan fingerprint density at radius 2 is 1.51 bits per heavy atom. The number of ether oxygens (including phenoxy) is 1. The number of carbonyl (C=O) groups is 4. The predicted octanol–water partition coefficient (Wildman–Crippen LogP) is 3.66. The molecule has 10 nitrogen and oxygen atoms in total. The first kappa shape index (κ1) is 35.0. The van der Waals surface area contributed by atoms with E-state index in [0.717, 1.165) is 28.2 Å². The van der Waals surface area contributed by atoms with Crippen LogP contribution in [0.4, 0.5) is 19.3 Å². The van der Waals surface area contributed by atoms with Crippen LogP contribution in [0.2, 0.25) is 0 Å². The van der Waals surface area contributed by atoms with Crippen LogP contribution < -0.4 is 20.9 Å². The molecule has 0 radical (unpaired) electrons. The number of hydrogen-bond acceptors (Lipinski definition) is 6. The molecule has 0 saturated carbocycles. The minimum absolute atomic E-state index is 0.0310. The Morgan fingerprint density at radius 1 is 0.894 bits per heavy atom. The first-order chi connectivity index (χ1) is 22.4. The van der Waals surface area contributed by atoms with Gasteiger partial charge >= 0.3 is 6.09 Å². The van der Waals surface area contributed by atoms with E-state index in [0.29, 0.717) is 6.42 Å². The number of aliphatic hydroxyl groups is 1. The van der Waals surface area contributed by atoms with Crippen LogP contribution in [0, 0.1) is 17.6 Å². The van der Waals surface area contributed by atoms with Crippen molar-refractivity contribution in [3.05, 3.63) is 102 Å². The monoisotopic (exact) mass is 650 g/mol. The molecular weight excluding hydrogens is 610 g/mol. The van der Waals surface area contributed by atoms with Crippen LogP contribution >= 0.6 is 0 Å². The summed E-state index contributed by atoms with van der Waals surface area (Å²) in [6.07, 6.45) is -2.75. The Balaban J connectivity index is 1.53. The van der Waals surface area contributed by atoms with Crippen molar-refractivity contribution in [2.45, 2.75) is 70.4 Å². The van der Waals surface area contributed by atoms with Gasteiger partial charge in [-0.05, 0) is 48.4 Å². The third kappa shape index (κ3) is 9.82. The second-order valence-electron chi connectivity index (χ2n) is 12.0. The molecule has 4 amide bonds. The Hall–Kier alpha value is -4.84. The van der Waals surface area contributed by atoms with Crippen LogP contribution in [0.3, 0.4) is 0 Å². The summed E-state index contributed by atoms with van der Waals surface area (Å²) in [5.74, 6) is -3.86. The normalized spacial score (nSPS) is 17.0. The molecule has 4 N–H and O–H groups in total. The first-order valence-corrected chi connectivity index (χ1v) is 15.5. The number of aliphatic hydroxyl groups excluding tert-OH is 1. The molecule has 3 aromatic rings. The highest BCUT2D eigenvalue weighted by Crippen LogP contribution is 2.24. The van der Waals surface area contributed by atoms with Crippen LogP contribution in [0.25, 0.3) is 0 Å². The highest BCUT2D eigenvalue weighted by molar-refractivity contribution is 5.95. The van der Waals surface area contributed by atoms with Crippen molar-refractivity contribution in [1.82, 2.24) is 16.0 Å². The van der Waals surface area contributed by atoms with Gasteiger partial charge in [0.1, 0.15) is 6.04 Å². The van der Waals surface area contributed by atoms with E-state index in [-0.39, 0.29) is 36.9 Å². The molecule has 1 heterocycles. The van der Waals surface area contributed by atoms with Gasteiger partial charge in [-0.15, -0.1) is 0 Å². The Morgan fingerprint density at radius 3 is 2.09 bits per heavy atom. The summed E-state index contributed by atoms with van der Waals surface area (Å²) in [5, 5.41) is 20.1. The van der Waals surface area contributed by atoms with E-state index in [2.05, 4.69) is 16.0 Å². The summed E-state index contributed by atoms with van der Waals surface area (Å²) in [7, 11) is 0. The summed E-state index contributed by atoms with van der Waals surface area (Å²) < 4.78 is 32.6. The minimum atomic E-state index is -1.29. The molecule has 0 bridgehead atoms. The molecule has 1 saturated heterocycles. The van der Waals surface area contributed by atoms with E-state index >= 15 is 0 Å². The van der Waals surface area contributed by atoms with E-state index < -0.39 is 59.9 Å². The van der Waals surface area contributed by atoms with Crippen molar-refractivity contribution in [3.63, 3.8) is 0 Å². The fraction of sp³-hybridized carbons (Fsp3) is 0.371. The predicted molar refractivity (Wildman–Crippen MR) is 171 cm³/mol. The van der Waals surface area contributed by atoms with Gasteiger partial charge in [0.15, 0.2) is 17.7 Å². The first-order valence-electron chi connectivity index (χ1n) is 15.5. The van der Waals surface area contributed by atoms with E-state index in [1.807, 2.05) is 74.5 Å². The third-order valence-corrected chi connectivity index (χ3v) is 7.91. The van der Waals surface area contributed by atoms with Gasteiger partial charge in [-0.1, -0.05) is 74.5 Å². The Labute approximate surface area is 272 Å². The maximum absolute atomic E-state index is 13.8. The molecule has 1 fully saturated rings. The number of nitrogens with zero attached hydrogens (tertiary/aromatic N) is 1. The van der Waals surface area contributed by atoms with E-state index in [1.54, 1.807) is 0 Å². The molecule has 0 aliphatic carbocycles. The molecular formula is C35H40F2N4O6. The zero-order valence-electron chi connectivity index (χ0n) is 26.5. The largest absolute Gasteiger partial charge is 0.434 e. The zero-order chi connectivity index (χ0) is 34.1. The van der Waals surface area contributed by atoms with Gasteiger partial charge in [0.2, 0.25) is 11.8 Å². The SMILES string of the molecule is CC(=O)N[C@H](C(=O)N[C@@H](Cc1ccccc1)C[C@H](O)[C@H](Cc1ccccc1)NC(=O)C1CN(c2ccc(F)c(F)c2)C(=O)O1)C(C)C. The number of anilines is 1. The van der Waals surface area contributed by atoms with E-state index in [1.165, 1.54) is 13.0 Å². The average molecular weight is 651 g/mol.